The van der Waals surface area contributed by atoms with E-state index in [-0.39, 0.29) is 17.1 Å². The van der Waals surface area contributed by atoms with Gasteiger partial charge in [0.05, 0.1) is 6.54 Å². The van der Waals surface area contributed by atoms with Crippen LogP contribution < -0.4 is 17.0 Å². The Morgan fingerprint density at radius 1 is 1.07 bits per heavy atom. The summed E-state index contributed by atoms with van der Waals surface area (Å²) < 4.78 is 35.9. The Morgan fingerprint density at radius 3 is 2.16 bits per heavy atom. The predicted molar refractivity (Wildman–Crippen MR) is 158 cm³/mol. The first-order valence-corrected chi connectivity index (χ1v) is 14.6. The summed E-state index contributed by atoms with van der Waals surface area (Å²) in [5.74, 6) is -3.05. The zero-order valence-corrected chi connectivity index (χ0v) is 25.1. The fourth-order valence-electron chi connectivity index (χ4n) is 4.79. The lowest BCUT2D eigenvalue weighted by Gasteiger charge is -2.30. The van der Waals surface area contributed by atoms with Crippen LogP contribution in [0.4, 0.5) is 13.2 Å². The lowest BCUT2D eigenvalue weighted by Crippen LogP contribution is -2.41. The van der Waals surface area contributed by atoms with Crippen molar-refractivity contribution in [2.24, 2.45) is 12.8 Å². The smallest absolute Gasteiger partial charge is 0.475 e. The third kappa shape index (κ3) is 8.25. The van der Waals surface area contributed by atoms with E-state index in [9.17, 15) is 27.6 Å². The molecule has 4 rings (SSSR count). The van der Waals surface area contributed by atoms with Gasteiger partial charge >= 0.3 is 17.8 Å². The molecule has 43 heavy (non-hydrogen) atoms. The lowest BCUT2D eigenvalue weighted by molar-refractivity contribution is -0.192. The zero-order chi connectivity index (χ0) is 31.9. The predicted octanol–water partition coefficient (Wildman–Crippen LogP) is 4.52. The van der Waals surface area contributed by atoms with E-state index < -0.39 is 23.4 Å². The monoisotopic (exact) mass is 623 g/mol. The highest BCUT2D eigenvalue weighted by molar-refractivity contribution is 8.00. The average molecular weight is 624 g/mol. The normalized spacial score (nSPS) is 14.9. The van der Waals surface area contributed by atoms with Crippen molar-refractivity contribution in [3.63, 3.8) is 0 Å². The van der Waals surface area contributed by atoms with Crippen molar-refractivity contribution in [2.75, 3.05) is 6.54 Å². The summed E-state index contributed by atoms with van der Waals surface area (Å²) in [5, 5.41) is 7.81. The molecule has 1 aliphatic carbocycles. The Hall–Kier alpha value is -3.65. The number of fused-ring (bicyclic) bond motifs is 1. The first kappa shape index (κ1) is 33.8. The summed E-state index contributed by atoms with van der Waals surface area (Å²) in [5.41, 5.74) is 7.49. The molecule has 3 aromatic rings. The number of aromatic nitrogens is 4. The number of aliphatic carboxylic acids is 1. The molecule has 10 nitrogen and oxygen atoms in total. The quantitative estimate of drug-likeness (QED) is 0.212. The number of carbonyl (C=O) groups is 2. The number of alkyl halides is 3. The molecule has 1 aromatic carbocycles. The number of ketones is 1. The van der Waals surface area contributed by atoms with Crippen molar-refractivity contribution in [1.82, 2.24) is 18.7 Å². The highest BCUT2D eigenvalue weighted by Gasteiger charge is 2.38. The maximum absolute atomic E-state index is 13.7. The number of nitrogens with two attached hydrogens (primary N) is 1. The molecule has 234 valence electrons. The fourth-order valence-corrected chi connectivity index (χ4v) is 6.16. The van der Waals surface area contributed by atoms with Crippen molar-refractivity contribution in [1.29, 1.82) is 0 Å². The van der Waals surface area contributed by atoms with E-state index in [2.05, 4.69) is 0 Å². The molecule has 0 unspecified atom stereocenters. The number of hydrogen-bond donors (Lipinski definition) is 2. The van der Waals surface area contributed by atoms with Gasteiger partial charge in [-0.05, 0) is 26.7 Å². The van der Waals surface area contributed by atoms with E-state index in [4.69, 9.17) is 20.6 Å². The molecule has 0 atom stereocenters. The van der Waals surface area contributed by atoms with Gasteiger partial charge in [0, 0.05) is 30.4 Å². The topological polar surface area (TPSA) is 142 Å². The van der Waals surface area contributed by atoms with Crippen LogP contribution in [-0.2, 0) is 24.9 Å². The van der Waals surface area contributed by atoms with E-state index in [1.165, 1.54) is 17.4 Å². The number of carboxylic acids is 1. The van der Waals surface area contributed by atoms with Gasteiger partial charge < -0.3 is 15.4 Å². The van der Waals surface area contributed by atoms with Crippen LogP contribution >= 0.6 is 11.8 Å². The number of nitrogens with zero attached hydrogens (tertiary/aromatic N) is 4. The molecule has 0 bridgehead atoms. The van der Waals surface area contributed by atoms with E-state index in [0.29, 0.717) is 35.0 Å². The van der Waals surface area contributed by atoms with Gasteiger partial charge in [0.15, 0.2) is 22.1 Å². The minimum absolute atomic E-state index is 0.151. The van der Waals surface area contributed by atoms with Crippen molar-refractivity contribution >= 4 is 34.7 Å². The maximum atomic E-state index is 13.7. The maximum Gasteiger partial charge on any atom is 0.490 e. The number of hydrogen-bond acceptors (Lipinski definition) is 7. The van der Waals surface area contributed by atoms with Crippen LogP contribution in [0.3, 0.4) is 0 Å². The summed E-state index contributed by atoms with van der Waals surface area (Å²) in [7, 11) is 1.60. The van der Waals surface area contributed by atoms with Crippen LogP contribution in [0.2, 0.25) is 0 Å². The number of rotatable bonds is 8. The zero-order valence-electron chi connectivity index (χ0n) is 24.3. The second-order valence-corrected chi connectivity index (χ2v) is 12.1. The van der Waals surface area contributed by atoms with Gasteiger partial charge in [-0.15, -0.1) is 0 Å². The molecular weight excluding hydrogens is 587 g/mol. The number of Topliss-reactive ketones (excluding diaryl/α,β-unsaturated/α-hetero) is 1. The van der Waals surface area contributed by atoms with Crippen molar-refractivity contribution < 1.29 is 27.9 Å². The molecule has 0 amide bonds. The number of thioether (sulfide) groups is 1. The van der Waals surface area contributed by atoms with Gasteiger partial charge in [-0.3, -0.25) is 18.7 Å². The van der Waals surface area contributed by atoms with Gasteiger partial charge in [-0.25, -0.2) is 14.6 Å². The molecule has 0 spiro atoms. The summed E-state index contributed by atoms with van der Waals surface area (Å²) in [6.07, 6.45) is 3.58. The van der Waals surface area contributed by atoms with Crippen LogP contribution in [0, 0.1) is 0 Å². The molecule has 1 aliphatic rings. The van der Waals surface area contributed by atoms with E-state index in [1.807, 2.05) is 30.6 Å². The second-order valence-electron chi connectivity index (χ2n) is 10.7. The van der Waals surface area contributed by atoms with E-state index >= 15 is 0 Å². The van der Waals surface area contributed by atoms with Gasteiger partial charge in [0.2, 0.25) is 0 Å². The molecule has 3 N–H and O–H groups in total. The fraction of sp³-hybridized carbons (Fsp3) is 0.483. The first-order chi connectivity index (χ1) is 20.2. The Balaban J connectivity index is 0.000000646. The van der Waals surface area contributed by atoms with Crippen molar-refractivity contribution in [2.45, 2.75) is 81.5 Å². The first-order valence-electron chi connectivity index (χ1n) is 13.8. The van der Waals surface area contributed by atoms with Crippen LogP contribution in [0.25, 0.3) is 11.2 Å². The molecule has 0 aliphatic heterocycles. The summed E-state index contributed by atoms with van der Waals surface area (Å²) in [6.45, 7) is 4.66. The van der Waals surface area contributed by atoms with Crippen molar-refractivity contribution in [3.8, 4) is 0 Å². The van der Waals surface area contributed by atoms with Crippen LogP contribution in [-0.4, -0.2) is 53.0 Å². The molecule has 2 aromatic heterocycles. The largest absolute Gasteiger partial charge is 0.490 e. The Bertz CT molecular complexity index is 1600. The molecule has 1 fully saturated rings. The van der Waals surface area contributed by atoms with Crippen LogP contribution in [0.5, 0.6) is 0 Å². The third-order valence-electron chi connectivity index (χ3n) is 7.21. The Labute approximate surface area is 250 Å². The van der Waals surface area contributed by atoms with Gasteiger partial charge in [0.1, 0.15) is 0 Å². The number of imidazole rings is 1. The average Bonchev–Trinajstić information content (AvgIpc) is 3.14. The molecule has 1 saturated carbocycles. The van der Waals surface area contributed by atoms with Crippen LogP contribution in [0.15, 0.2) is 56.7 Å². The molecule has 0 saturated heterocycles. The van der Waals surface area contributed by atoms with Gasteiger partial charge in [0.25, 0.3) is 5.56 Å². The number of halogens is 3. The minimum atomic E-state index is -5.08. The van der Waals surface area contributed by atoms with E-state index in [1.54, 1.807) is 43.1 Å². The summed E-state index contributed by atoms with van der Waals surface area (Å²) in [6, 6.07) is 8.70. The number of carboxylic acid groups (broad SMARTS) is 1. The number of allylic oxidation sites excluding steroid dienone is 2. The standard InChI is InChI=1S/C27H35N5O3S.C2HF3O2/c1-19(2)13-16-31-22-23(29-25(31)36-27(18-28)14-9-4-5-10-15-27)30(3)26(35)32(24(22)34)17-21(33)20-11-7-6-8-12-20;3-2(4,5)1(6)7/h6-8,11-13H,4-5,9-10,14-18,28H2,1-3H3;(H,6,7). The number of benzene rings is 1. The van der Waals surface area contributed by atoms with Crippen molar-refractivity contribution in [3.05, 3.63) is 68.4 Å². The SMILES string of the molecule is CC(C)=CCn1c(SC2(CN)CCCCCC2)nc2c1c(=O)n(CC(=O)c1ccccc1)c(=O)n2C.O=C(O)C(F)(F)F. The Kier molecular flexibility index (Phi) is 11.2. The Morgan fingerprint density at radius 2 is 1.65 bits per heavy atom. The summed E-state index contributed by atoms with van der Waals surface area (Å²) in [4.78, 5) is 53.5. The molecule has 2 heterocycles. The third-order valence-corrected chi connectivity index (χ3v) is 8.72. The van der Waals surface area contributed by atoms with Gasteiger partial charge in [-0.2, -0.15) is 13.2 Å². The molecular formula is C29H36F3N5O5S. The van der Waals surface area contributed by atoms with Gasteiger partial charge in [-0.1, -0.05) is 79.4 Å². The number of aryl methyl sites for hydroxylation is 1. The minimum Gasteiger partial charge on any atom is -0.475 e. The van der Waals surface area contributed by atoms with E-state index in [0.717, 1.165) is 35.8 Å². The molecule has 14 heteroatoms. The second kappa shape index (κ2) is 14.2. The lowest BCUT2D eigenvalue weighted by atomic mass is 10.00. The highest BCUT2D eigenvalue weighted by Crippen LogP contribution is 2.42. The molecule has 0 radical (unpaired) electrons. The highest BCUT2D eigenvalue weighted by atomic mass is 32.2. The number of carbonyl (C=O) groups excluding carboxylic acids is 1. The summed E-state index contributed by atoms with van der Waals surface area (Å²) >= 11 is 1.64. The van der Waals surface area contributed by atoms with Crippen LogP contribution in [0.1, 0.15) is 62.7 Å².